The lowest BCUT2D eigenvalue weighted by molar-refractivity contribution is -0.175. The highest BCUT2D eigenvalue weighted by molar-refractivity contribution is 4.81. The minimum atomic E-state index is -4.23. The first-order chi connectivity index (χ1) is 8.01. The Hall–Kier alpha value is -0.330. The summed E-state index contributed by atoms with van der Waals surface area (Å²) in [7, 11) is 1.92. The molecule has 1 aliphatic carbocycles. The number of halogens is 3. The van der Waals surface area contributed by atoms with E-state index in [4.69, 9.17) is 4.74 Å². The molecule has 3 nitrogen and oxygen atoms in total. The van der Waals surface area contributed by atoms with Gasteiger partial charge in [0.05, 0.1) is 6.10 Å². The van der Waals surface area contributed by atoms with Gasteiger partial charge in [0.2, 0.25) is 0 Å². The summed E-state index contributed by atoms with van der Waals surface area (Å²) < 4.78 is 45.1. The molecule has 1 saturated carbocycles. The molecule has 0 aromatic carbocycles. The molecule has 0 radical (unpaired) electrons. The standard InChI is InChI=1S/C11H20F3NO2/c1-15-7-9-5-10(6-9)17-4-2-3-16-8-11(12,13)14/h9-10,15H,2-8H2,1H3. The second kappa shape index (κ2) is 7.18. The predicted molar refractivity (Wildman–Crippen MR) is 57.9 cm³/mol. The normalized spacial score (nSPS) is 24.7. The van der Waals surface area contributed by atoms with Gasteiger partial charge in [0, 0.05) is 13.2 Å². The number of hydrogen-bond donors (Lipinski definition) is 1. The molecule has 0 saturated heterocycles. The lowest BCUT2D eigenvalue weighted by atomic mass is 9.82. The van der Waals surface area contributed by atoms with Crippen LogP contribution in [0.5, 0.6) is 0 Å². The van der Waals surface area contributed by atoms with Gasteiger partial charge in [0.15, 0.2) is 0 Å². The highest BCUT2D eigenvalue weighted by atomic mass is 19.4. The van der Waals surface area contributed by atoms with Crippen LogP contribution in [0.25, 0.3) is 0 Å². The van der Waals surface area contributed by atoms with Crippen molar-refractivity contribution in [2.75, 3.05) is 33.4 Å². The summed E-state index contributed by atoms with van der Waals surface area (Å²) in [4.78, 5) is 0. The van der Waals surface area contributed by atoms with E-state index in [-0.39, 0.29) is 12.7 Å². The van der Waals surface area contributed by atoms with Crippen molar-refractivity contribution in [3.8, 4) is 0 Å². The van der Waals surface area contributed by atoms with Crippen LogP contribution in [-0.4, -0.2) is 45.7 Å². The highest BCUT2D eigenvalue weighted by Crippen LogP contribution is 2.29. The molecule has 0 amide bonds. The predicted octanol–water partition coefficient (Wildman–Crippen LogP) is 1.97. The second-order valence-corrected chi connectivity index (χ2v) is 4.41. The molecular formula is C11H20F3NO2. The summed E-state index contributed by atoms with van der Waals surface area (Å²) in [6.45, 7) is 0.427. The minimum Gasteiger partial charge on any atom is -0.378 e. The molecule has 17 heavy (non-hydrogen) atoms. The van der Waals surface area contributed by atoms with Gasteiger partial charge in [-0.05, 0) is 38.8 Å². The van der Waals surface area contributed by atoms with Crippen LogP contribution < -0.4 is 5.32 Å². The van der Waals surface area contributed by atoms with Crippen LogP contribution in [0, 0.1) is 5.92 Å². The van der Waals surface area contributed by atoms with Gasteiger partial charge in [0.25, 0.3) is 0 Å². The second-order valence-electron chi connectivity index (χ2n) is 4.41. The Bertz CT molecular complexity index is 205. The van der Waals surface area contributed by atoms with Crippen LogP contribution in [0.1, 0.15) is 19.3 Å². The van der Waals surface area contributed by atoms with Gasteiger partial charge < -0.3 is 14.8 Å². The van der Waals surface area contributed by atoms with Crippen LogP contribution in [0.4, 0.5) is 13.2 Å². The van der Waals surface area contributed by atoms with Crippen molar-refractivity contribution in [1.29, 1.82) is 0 Å². The zero-order valence-corrected chi connectivity index (χ0v) is 10.1. The topological polar surface area (TPSA) is 30.5 Å². The molecular weight excluding hydrogens is 235 g/mol. The first-order valence-electron chi connectivity index (χ1n) is 5.92. The van der Waals surface area contributed by atoms with Crippen molar-refractivity contribution < 1.29 is 22.6 Å². The smallest absolute Gasteiger partial charge is 0.378 e. The van der Waals surface area contributed by atoms with Crippen molar-refractivity contribution >= 4 is 0 Å². The van der Waals surface area contributed by atoms with E-state index in [1.165, 1.54) is 0 Å². The maximum atomic E-state index is 11.7. The van der Waals surface area contributed by atoms with Crippen molar-refractivity contribution in [1.82, 2.24) is 5.32 Å². The van der Waals surface area contributed by atoms with Crippen molar-refractivity contribution in [3.05, 3.63) is 0 Å². The van der Waals surface area contributed by atoms with Crippen molar-refractivity contribution in [2.45, 2.75) is 31.5 Å². The van der Waals surface area contributed by atoms with E-state index in [1.807, 2.05) is 7.05 Å². The fraction of sp³-hybridized carbons (Fsp3) is 1.00. The molecule has 6 heteroatoms. The average Bonchev–Trinajstić information content (AvgIpc) is 2.17. The first-order valence-corrected chi connectivity index (χ1v) is 5.92. The maximum Gasteiger partial charge on any atom is 0.411 e. The first kappa shape index (κ1) is 14.7. The van der Waals surface area contributed by atoms with Gasteiger partial charge in [-0.1, -0.05) is 0 Å². The molecule has 0 heterocycles. The zero-order valence-electron chi connectivity index (χ0n) is 10.1. The quantitative estimate of drug-likeness (QED) is 0.673. The van der Waals surface area contributed by atoms with Gasteiger partial charge in [0.1, 0.15) is 6.61 Å². The summed E-state index contributed by atoms with van der Waals surface area (Å²) in [6.07, 6.45) is -1.33. The molecule has 0 spiro atoms. The summed E-state index contributed by atoms with van der Waals surface area (Å²) in [5.74, 6) is 0.687. The summed E-state index contributed by atoms with van der Waals surface area (Å²) >= 11 is 0. The summed E-state index contributed by atoms with van der Waals surface area (Å²) in [5, 5.41) is 3.11. The molecule has 1 N–H and O–H groups in total. The number of alkyl halides is 3. The number of rotatable bonds is 8. The number of nitrogens with one attached hydrogen (secondary N) is 1. The monoisotopic (exact) mass is 255 g/mol. The maximum absolute atomic E-state index is 11.7. The lowest BCUT2D eigenvalue weighted by Gasteiger charge is -2.35. The lowest BCUT2D eigenvalue weighted by Crippen LogP contribution is -2.37. The van der Waals surface area contributed by atoms with Crippen molar-refractivity contribution in [2.24, 2.45) is 5.92 Å². The summed E-state index contributed by atoms with van der Waals surface area (Å²) in [6, 6.07) is 0. The highest BCUT2D eigenvalue weighted by Gasteiger charge is 2.29. The van der Waals surface area contributed by atoms with Crippen LogP contribution in [0.3, 0.4) is 0 Å². The van der Waals surface area contributed by atoms with E-state index >= 15 is 0 Å². The molecule has 1 fully saturated rings. The van der Waals surface area contributed by atoms with E-state index in [1.54, 1.807) is 0 Å². The van der Waals surface area contributed by atoms with E-state index in [2.05, 4.69) is 10.1 Å². The molecule has 1 rings (SSSR count). The largest absolute Gasteiger partial charge is 0.411 e. The Kier molecular flexibility index (Phi) is 6.22. The van der Waals surface area contributed by atoms with Crippen LogP contribution >= 0.6 is 0 Å². The Morgan fingerprint density at radius 3 is 2.53 bits per heavy atom. The third kappa shape index (κ3) is 6.85. The molecule has 102 valence electrons. The molecule has 0 atom stereocenters. The van der Waals surface area contributed by atoms with Crippen LogP contribution in [0.2, 0.25) is 0 Å². The fourth-order valence-electron chi connectivity index (χ4n) is 1.86. The van der Waals surface area contributed by atoms with E-state index < -0.39 is 12.8 Å². The van der Waals surface area contributed by atoms with Gasteiger partial charge in [-0.3, -0.25) is 0 Å². The van der Waals surface area contributed by atoms with Gasteiger partial charge in [-0.25, -0.2) is 0 Å². The fourth-order valence-corrected chi connectivity index (χ4v) is 1.86. The minimum absolute atomic E-state index is 0.103. The molecule has 0 bridgehead atoms. The van der Waals surface area contributed by atoms with Crippen LogP contribution in [-0.2, 0) is 9.47 Å². The van der Waals surface area contributed by atoms with Gasteiger partial charge >= 0.3 is 6.18 Å². The molecule has 0 unspecified atom stereocenters. The van der Waals surface area contributed by atoms with E-state index in [0.717, 1.165) is 19.4 Å². The molecule has 0 aromatic rings. The molecule has 1 aliphatic rings. The van der Waals surface area contributed by atoms with Crippen molar-refractivity contribution in [3.63, 3.8) is 0 Å². The van der Waals surface area contributed by atoms with E-state index in [0.29, 0.717) is 18.9 Å². The zero-order chi connectivity index (χ0) is 12.7. The Labute approximate surface area is 99.7 Å². The Morgan fingerprint density at radius 1 is 1.24 bits per heavy atom. The Balaban J connectivity index is 1.83. The molecule has 0 aromatic heterocycles. The summed E-state index contributed by atoms with van der Waals surface area (Å²) in [5.41, 5.74) is 0. The number of hydrogen-bond acceptors (Lipinski definition) is 3. The molecule has 0 aliphatic heterocycles. The van der Waals surface area contributed by atoms with Gasteiger partial charge in [-0.2, -0.15) is 13.2 Å². The average molecular weight is 255 g/mol. The Morgan fingerprint density at radius 2 is 1.94 bits per heavy atom. The SMILES string of the molecule is CNCC1CC(OCCCOCC(F)(F)F)C1. The van der Waals surface area contributed by atoms with Gasteiger partial charge in [-0.15, -0.1) is 0 Å². The van der Waals surface area contributed by atoms with E-state index in [9.17, 15) is 13.2 Å². The number of ether oxygens (including phenoxy) is 2. The third-order valence-electron chi connectivity index (χ3n) is 2.74. The third-order valence-corrected chi connectivity index (χ3v) is 2.74. The van der Waals surface area contributed by atoms with Crippen LogP contribution in [0.15, 0.2) is 0 Å².